The molecule has 0 unspecified atom stereocenters. The molecule has 3 heteroatoms. The molecule has 1 N–H and O–H groups in total. The Hall–Kier alpha value is -0.930. The molecule has 1 saturated heterocycles. The minimum absolute atomic E-state index is 0.350. The van der Waals surface area contributed by atoms with Crippen molar-refractivity contribution in [1.82, 2.24) is 15.2 Å². The van der Waals surface area contributed by atoms with Crippen LogP contribution in [-0.4, -0.2) is 36.6 Å². The first-order chi connectivity index (χ1) is 8.25. The summed E-state index contributed by atoms with van der Waals surface area (Å²) in [6.45, 7) is 5.77. The van der Waals surface area contributed by atoms with Crippen LogP contribution in [0.2, 0.25) is 0 Å². The molecule has 0 saturated carbocycles. The molecule has 0 radical (unpaired) electrons. The van der Waals surface area contributed by atoms with Crippen molar-refractivity contribution in [3.63, 3.8) is 0 Å². The SMILES string of the molecule is C[C@@H](NC[C@H]1CCCN(C)C1)c1ccccn1. The number of nitrogens with one attached hydrogen (secondary N) is 1. The van der Waals surface area contributed by atoms with Crippen LogP contribution in [0.15, 0.2) is 24.4 Å². The lowest BCUT2D eigenvalue weighted by Crippen LogP contribution is -2.38. The second kappa shape index (κ2) is 6.12. The first kappa shape index (κ1) is 12.5. The Kier molecular flexibility index (Phi) is 4.51. The second-order valence-electron chi connectivity index (χ2n) is 5.16. The summed E-state index contributed by atoms with van der Waals surface area (Å²) < 4.78 is 0. The van der Waals surface area contributed by atoms with Gasteiger partial charge in [0.1, 0.15) is 0 Å². The van der Waals surface area contributed by atoms with Gasteiger partial charge in [-0.15, -0.1) is 0 Å². The Morgan fingerprint density at radius 3 is 3.12 bits per heavy atom. The van der Waals surface area contributed by atoms with E-state index in [1.165, 1.54) is 25.9 Å². The summed E-state index contributed by atoms with van der Waals surface area (Å²) in [5, 5.41) is 3.60. The van der Waals surface area contributed by atoms with Crippen LogP contribution in [0.1, 0.15) is 31.5 Å². The Balaban J connectivity index is 1.78. The maximum absolute atomic E-state index is 4.38. The number of rotatable bonds is 4. The summed E-state index contributed by atoms with van der Waals surface area (Å²) in [6, 6.07) is 6.45. The van der Waals surface area contributed by atoms with Gasteiger partial charge in [0.2, 0.25) is 0 Å². The molecular weight excluding hydrogens is 210 g/mol. The molecule has 1 fully saturated rings. The highest BCUT2D eigenvalue weighted by Gasteiger charge is 2.17. The van der Waals surface area contributed by atoms with E-state index in [9.17, 15) is 0 Å². The lowest BCUT2D eigenvalue weighted by Gasteiger charge is -2.30. The number of pyridine rings is 1. The number of hydrogen-bond donors (Lipinski definition) is 1. The minimum Gasteiger partial charge on any atom is -0.309 e. The maximum atomic E-state index is 4.38. The molecule has 3 nitrogen and oxygen atoms in total. The largest absolute Gasteiger partial charge is 0.309 e. The molecule has 0 aromatic carbocycles. The van der Waals surface area contributed by atoms with Gasteiger partial charge >= 0.3 is 0 Å². The van der Waals surface area contributed by atoms with Crippen LogP contribution in [0.25, 0.3) is 0 Å². The van der Waals surface area contributed by atoms with Gasteiger partial charge < -0.3 is 10.2 Å². The summed E-state index contributed by atoms with van der Waals surface area (Å²) in [5.41, 5.74) is 1.14. The number of likely N-dealkylation sites (tertiary alicyclic amines) is 1. The van der Waals surface area contributed by atoms with Gasteiger partial charge in [0.25, 0.3) is 0 Å². The molecule has 1 aliphatic heterocycles. The van der Waals surface area contributed by atoms with E-state index in [1.54, 1.807) is 0 Å². The van der Waals surface area contributed by atoms with Crippen molar-refractivity contribution in [1.29, 1.82) is 0 Å². The van der Waals surface area contributed by atoms with E-state index < -0.39 is 0 Å². The zero-order valence-corrected chi connectivity index (χ0v) is 10.9. The summed E-state index contributed by atoms with van der Waals surface area (Å²) in [5.74, 6) is 0.792. The molecule has 2 rings (SSSR count). The predicted molar refractivity (Wildman–Crippen MR) is 70.9 cm³/mol. The highest BCUT2D eigenvalue weighted by atomic mass is 15.1. The van der Waals surface area contributed by atoms with E-state index >= 15 is 0 Å². The van der Waals surface area contributed by atoms with Gasteiger partial charge in [0.15, 0.2) is 0 Å². The third-order valence-corrected chi connectivity index (χ3v) is 3.57. The molecule has 0 amide bonds. The number of hydrogen-bond acceptors (Lipinski definition) is 3. The molecule has 2 heterocycles. The molecule has 0 bridgehead atoms. The van der Waals surface area contributed by atoms with Crippen LogP contribution in [0.5, 0.6) is 0 Å². The molecule has 2 atom stereocenters. The molecule has 1 aliphatic rings. The number of aromatic nitrogens is 1. The van der Waals surface area contributed by atoms with Crippen molar-refractivity contribution in [3.05, 3.63) is 30.1 Å². The van der Waals surface area contributed by atoms with Crippen molar-refractivity contribution >= 4 is 0 Å². The molecule has 0 aliphatic carbocycles. The summed E-state index contributed by atoms with van der Waals surface area (Å²) in [6.07, 6.45) is 4.55. The van der Waals surface area contributed by atoms with E-state index in [0.717, 1.165) is 18.2 Å². The van der Waals surface area contributed by atoms with Crippen LogP contribution in [0, 0.1) is 5.92 Å². The Bertz CT molecular complexity index is 325. The first-order valence-electron chi connectivity index (χ1n) is 6.58. The van der Waals surface area contributed by atoms with Gasteiger partial charge in [0, 0.05) is 18.8 Å². The van der Waals surface area contributed by atoms with Gasteiger partial charge in [-0.1, -0.05) is 6.07 Å². The second-order valence-corrected chi connectivity index (χ2v) is 5.16. The molecular formula is C14H23N3. The fourth-order valence-corrected chi connectivity index (χ4v) is 2.52. The summed E-state index contributed by atoms with van der Waals surface area (Å²) in [7, 11) is 2.22. The van der Waals surface area contributed by atoms with Crippen LogP contribution in [-0.2, 0) is 0 Å². The average Bonchev–Trinajstić information content (AvgIpc) is 2.37. The fourth-order valence-electron chi connectivity index (χ4n) is 2.52. The van der Waals surface area contributed by atoms with Gasteiger partial charge in [-0.05, 0) is 58.0 Å². The molecule has 17 heavy (non-hydrogen) atoms. The van der Waals surface area contributed by atoms with E-state index in [4.69, 9.17) is 0 Å². The van der Waals surface area contributed by atoms with Crippen molar-refractivity contribution in [2.45, 2.75) is 25.8 Å². The normalized spacial score (nSPS) is 23.5. The molecule has 0 spiro atoms. The third kappa shape index (κ3) is 3.79. The van der Waals surface area contributed by atoms with Crippen LogP contribution in [0.4, 0.5) is 0 Å². The monoisotopic (exact) mass is 233 g/mol. The quantitative estimate of drug-likeness (QED) is 0.863. The summed E-state index contributed by atoms with van der Waals surface area (Å²) in [4.78, 5) is 6.82. The zero-order valence-electron chi connectivity index (χ0n) is 10.9. The third-order valence-electron chi connectivity index (χ3n) is 3.57. The molecule has 1 aromatic heterocycles. The number of nitrogens with zero attached hydrogens (tertiary/aromatic N) is 2. The first-order valence-corrected chi connectivity index (χ1v) is 6.58. The lowest BCUT2D eigenvalue weighted by molar-refractivity contribution is 0.203. The lowest BCUT2D eigenvalue weighted by atomic mass is 9.98. The van der Waals surface area contributed by atoms with E-state index in [1.807, 2.05) is 12.3 Å². The molecule has 94 valence electrons. The van der Waals surface area contributed by atoms with Gasteiger partial charge in [-0.2, -0.15) is 0 Å². The molecule has 1 aromatic rings. The topological polar surface area (TPSA) is 28.2 Å². The maximum Gasteiger partial charge on any atom is 0.0570 e. The smallest absolute Gasteiger partial charge is 0.0570 e. The van der Waals surface area contributed by atoms with Crippen LogP contribution in [0.3, 0.4) is 0 Å². The predicted octanol–water partition coefficient (Wildman–Crippen LogP) is 2.07. The Morgan fingerprint density at radius 2 is 2.41 bits per heavy atom. The highest BCUT2D eigenvalue weighted by Crippen LogP contribution is 2.16. The van der Waals surface area contributed by atoms with Crippen LogP contribution < -0.4 is 5.32 Å². The zero-order chi connectivity index (χ0) is 12.1. The standard InChI is InChI=1S/C14H23N3/c1-12(14-7-3-4-8-15-14)16-10-13-6-5-9-17(2)11-13/h3-4,7-8,12-13,16H,5-6,9-11H2,1-2H3/t12-,13-/m1/s1. The van der Waals surface area contributed by atoms with Crippen molar-refractivity contribution < 1.29 is 0 Å². The fraction of sp³-hybridized carbons (Fsp3) is 0.643. The van der Waals surface area contributed by atoms with E-state index in [2.05, 4.69) is 41.3 Å². The number of piperidine rings is 1. The van der Waals surface area contributed by atoms with Gasteiger partial charge in [-0.25, -0.2) is 0 Å². The van der Waals surface area contributed by atoms with Crippen molar-refractivity contribution in [2.24, 2.45) is 5.92 Å². The Morgan fingerprint density at radius 1 is 1.53 bits per heavy atom. The van der Waals surface area contributed by atoms with E-state index in [-0.39, 0.29) is 0 Å². The van der Waals surface area contributed by atoms with Gasteiger partial charge in [-0.3, -0.25) is 4.98 Å². The van der Waals surface area contributed by atoms with Crippen molar-refractivity contribution in [3.8, 4) is 0 Å². The minimum atomic E-state index is 0.350. The summed E-state index contributed by atoms with van der Waals surface area (Å²) >= 11 is 0. The average molecular weight is 233 g/mol. The highest BCUT2D eigenvalue weighted by molar-refractivity contribution is 5.07. The van der Waals surface area contributed by atoms with Crippen LogP contribution >= 0.6 is 0 Å². The van der Waals surface area contributed by atoms with E-state index in [0.29, 0.717) is 6.04 Å². The Labute approximate surface area is 104 Å². The van der Waals surface area contributed by atoms with Crippen molar-refractivity contribution in [2.75, 3.05) is 26.7 Å². The van der Waals surface area contributed by atoms with Gasteiger partial charge in [0.05, 0.1) is 5.69 Å².